The summed E-state index contributed by atoms with van der Waals surface area (Å²) in [6.45, 7) is 2.88. The quantitative estimate of drug-likeness (QED) is 0.589. The molecule has 2 aromatic carbocycles. The van der Waals surface area contributed by atoms with Gasteiger partial charge < -0.3 is 4.74 Å². The van der Waals surface area contributed by atoms with Gasteiger partial charge in [0, 0.05) is 11.1 Å². The molecule has 2 heteroatoms. The molecule has 2 rings (SSSR count). The zero-order chi connectivity index (χ0) is 14.2. The number of rotatable bonds is 4. The molecule has 0 saturated carbocycles. The Kier molecular flexibility index (Phi) is 5.20. The van der Waals surface area contributed by atoms with Crippen molar-refractivity contribution < 1.29 is 9.13 Å². The number of hydrogen-bond donors (Lipinski definition) is 0. The molecule has 1 nitrogen and oxygen atoms in total. The number of halogens is 1. The average molecular weight is 268 g/mol. The summed E-state index contributed by atoms with van der Waals surface area (Å²) in [7, 11) is 0. The molecule has 0 spiro atoms. The van der Waals surface area contributed by atoms with E-state index in [0.29, 0.717) is 0 Å². The normalized spacial score (nSPS) is 9.70. The van der Waals surface area contributed by atoms with Crippen molar-refractivity contribution >= 4 is 0 Å². The Balaban J connectivity index is 1.98. The van der Waals surface area contributed by atoms with Crippen molar-refractivity contribution in [2.24, 2.45) is 0 Å². The lowest BCUT2D eigenvalue weighted by molar-refractivity contribution is 0.309. The number of benzene rings is 2. The maximum Gasteiger partial charge on any atom is 0.123 e. The largest absolute Gasteiger partial charge is 0.494 e. The van der Waals surface area contributed by atoms with Crippen molar-refractivity contribution in [1.82, 2.24) is 0 Å². The monoisotopic (exact) mass is 268 g/mol. The second kappa shape index (κ2) is 7.35. The first-order valence-electron chi connectivity index (χ1n) is 6.78. The van der Waals surface area contributed by atoms with Gasteiger partial charge in [0.15, 0.2) is 0 Å². The highest BCUT2D eigenvalue weighted by atomic mass is 19.1. The average Bonchev–Trinajstić information content (AvgIpc) is 2.48. The Bertz CT molecular complexity index is 588. The fourth-order valence-electron chi connectivity index (χ4n) is 1.65. The van der Waals surface area contributed by atoms with Gasteiger partial charge in [0.2, 0.25) is 0 Å². The van der Waals surface area contributed by atoms with Crippen molar-refractivity contribution in [1.29, 1.82) is 0 Å². The maximum absolute atomic E-state index is 12.8. The van der Waals surface area contributed by atoms with Crippen LogP contribution in [0.15, 0.2) is 48.5 Å². The number of ether oxygens (including phenoxy) is 1. The van der Waals surface area contributed by atoms with Crippen LogP contribution in [0.1, 0.15) is 30.9 Å². The second-order valence-corrected chi connectivity index (χ2v) is 4.48. The SMILES string of the molecule is CCCCOc1ccc(C#Cc2ccc(F)cc2)cc1. The summed E-state index contributed by atoms with van der Waals surface area (Å²) >= 11 is 0. The Morgan fingerprint density at radius 2 is 1.45 bits per heavy atom. The Morgan fingerprint density at radius 1 is 0.900 bits per heavy atom. The first kappa shape index (κ1) is 14.1. The van der Waals surface area contributed by atoms with Gasteiger partial charge in [0.1, 0.15) is 11.6 Å². The molecule has 20 heavy (non-hydrogen) atoms. The molecule has 2 aromatic rings. The lowest BCUT2D eigenvalue weighted by Gasteiger charge is -2.04. The van der Waals surface area contributed by atoms with Crippen LogP contribution in [0, 0.1) is 17.7 Å². The Labute approximate surface area is 119 Å². The van der Waals surface area contributed by atoms with E-state index in [1.165, 1.54) is 12.1 Å². The number of hydrogen-bond acceptors (Lipinski definition) is 1. The molecule has 0 bridgehead atoms. The lowest BCUT2D eigenvalue weighted by Crippen LogP contribution is -1.95. The molecule has 0 saturated heterocycles. The third kappa shape index (κ3) is 4.44. The van der Waals surface area contributed by atoms with Crippen LogP contribution in [0.5, 0.6) is 5.75 Å². The fourth-order valence-corrected chi connectivity index (χ4v) is 1.65. The third-order valence-electron chi connectivity index (χ3n) is 2.82. The molecule has 102 valence electrons. The van der Waals surface area contributed by atoms with E-state index in [0.717, 1.165) is 36.3 Å². The van der Waals surface area contributed by atoms with E-state index in [-0.39, 0.29) is 5.82 Å². The minimum Gasteiger partial charge on any atom is -0.494 e. The number of unbranched alkanes of at least 4 members (excludes halogenated alkanes) is 1. The van der Waals surface area contributed by atoms with Gasteiger partial charge in [-0.3, -0.25) is 0 Å². The summed E-state index contributed by atoms with van der Waals surface area (Å²) in [5, 5.41) is 0. The molecule has 0 aliphatic carbocycles. The standard InChI is InChI=1S/C18H17FO/c1-2-3-14-20-18-12-8-16(9-13-18)5-4-15-6-10-17(19)11-7-15/h6-13H,2-3,14H2,1H3. The summed E-state index contributed by atoms with van der Waals surface area (Å²) in [4.78, 5) is 0. The van der Waals surface area contributed by atoms with Crippen molar-refractivity contribution in [3.63, 3.8) is 0 Å². The lowest BCUT2D eigenvalue weighted by atomic mass is 10.2. The minimum absolute atomic E-state index is 0.246. The zero-order valence-corrected chi connectivity index (χ0v) is 11.5. The first-order valence-corrected chi connectivity index (χ1v) is 6.78. The predicted octanol–water partition coefficient (Wildman–Crippen LogP) is 4.40. The minimum atomic E-state index is -0.246. The summed E-state index contributed by atoms with van der Waals surface area (Å²) in [5.41, 5.74) is 1.71. The van der Waals surface area contributed by atoms with Gasteiger partial charge in [-0.2, -0.15) is 0 Å². The van der Waals surface area contributed by atoms with Crippen LogP contribution in [0.3, 0.4) is 0 Å². The van der Waals surface area contributed by atoms with E-state index in [2.05, 4.69) is 18.8 Å². The molecule has 0 amide bonds. The van der Waals surface area contributed by atoms with E-state index < -0.39 is 0 Å². The van der Waals surface area contributed by atoms with Crippen LogP contribution in [-0.4, -0.2) is 6.61 Å². The van der Waals surface area contributed by atoms with Crippen LogP contribution in [-0.2, 0) is 0 Å². The highest BCUT2D eigenvalue weighted by molar-refractivity contribution is 5.44. The second-order valence-electron chi connectivity index (χ2n) is 4.48. The maximum atomic E-state index is 12.8. The zero-order valence-electron chi connectivity index (χ0n) is 11.5. The van der Waals surface area contributed by atoms with Gasteiger partial charge in [-0.15, -0.1) is 0 Å². The summed E-state index contributed by atoms with van der Waals surface area (Å²) in [6, 6.07) is 13.9. The molecule has 0 radical (unpaired) electrons. The molecule has 0 unspecified atom stereocenters. The van der Waals surface area contributed by atoms with Crippen molar-refractivity contribution in [2.75, 3.05) is 6.61 Å². The molecule has 0 aliphatic rings. The van der Waals surface area contributed by atoms with E-state index in [4.69, 9.17) is 4.74 Å². The van der Waals surface area contributed by atoms with Crippen LogP contribution in [0.4, 0.5) is 4.39 Å². The van der Waals surface area contributed by atoms with Gasteiger partial charge in [0.25, 0.3) is 0 Å². The summed E-state index contributed by atoms with van der Waals surface area (Å²) < 4.78 is 18.3. The molecule has 0 N–H and O–H groups in total. The van der Waals surface area contributed by atoms with Crippen molar-refractivity contribution in [2.45, 2.75) is 19.8 Å². The topological polar surface area (TPSA) is 9.23 Å². The smallest absolute Gasteiger partial charge is 0.123 e. The van der Waals surface area contributed by atoms with Gasteiger partial charge in [0.05, 0.1) is 6.61 Å². The van der Waals surface area contributed by atoms with Crippen LogP contribution in [0.25, 0.3) is 0 Å². The molecular formula is C18H17FO. The molecule has 0 aromatic heterocycles. The molecule has 0 heterocycles. The van der Waals surface area contributed by atoms with Crippen LogP contribution in [0.2, 0.25) is 0 Å². The van der Waals surface area contributed by atoms with Gasteiger partial charge >= 0.3 is 0 Å². The van der Waals surface area contributed by atoms with Gasteiger partial charge in [-0.1, -0.05) is 25.2 Å². The van der Waals surface area contributed by atoms with Crippen molar-refractivity contribution in [3.8, 4) is 17.6 Å². The molecule has 0 atom stereocenters. The van der Waals surface area contributed by atoms with Crippen LogP contribution < -0.4 is 4.74 Å². The molecule has 0 fully saturated rings. The van der Waals surface area contributed by atoms with E-state index >= 15 is 0 Å². The summed E-state index contributed by atoms with van der Waals surface area (Å²) in [5.74, 6) is 6.67. The van der Waals surface area contributed by atoms with E-state index in [1.54, 1.807) is 12.1 Å². The van der Waals surface area contributed by atoms with E-state index in [9.17, 15) is 4.39 Å². The van der Waals surface area contributed by atoms with Crippen molar-refractivity contribution in [3.05, 3.63) is 65.5 Å². The van der Waals surface area contributed by atoms with Gasteiger partial charge in [-0.25, -0.2) is 4.39 Å². The van der Waals surface area contributed by atoms with Crippen LogP contribution >= 0.6 is 0 Å². The third-order valence-corrected chi connectivity index (χ3v) is 2.82. The fraction of sp³-hybridized carbons (Fsp3) is 0.222. The Hall–Kier alpha value is -2.27. The molecule has 0 aliphatic heterocycles. The first-order chi connectivity index (χ1) is 9.78. The van der Waals surface area contributed by atoms with Gasteiger partial charge in [-0.05, 0) is 55.0 Å². The highest BCUT2D eigenvalue weighted by Crippen LogP contribution is 2.12. The molecular weight excluding hydrogens is 251 g/mol. The van der Waals surface area contributed by atoms with E-state index in [1.807, 2.05) is 24.3 Å². The Morgan fingerprint density at radius 3 is 2.00 bits per heavy atom. The highest BCUT2D eigenvalue weighted by Gasteiger charge is 1.93. The predicted molar refractivity (Wildman–Crippen MR) is 79.2 cm³/mol. The summed E-state index contributed by atoms with van der Waals surface area (Å²) in [6.07, 6.45) is 2.19.